The molecule has 1 unspecified atom stereocenters. The first kappa shape index (κ1) is 40.2. The van der Waals surface area contributed by atoms with Gasteiger partial charge in [0.2, 0.25) is 0 Å². The van der Waals surface area contributed by atoms with Crippen molar-refractivity contribution >= 4 is 19.8 Å². The fourth-order valence-electron chi connectivity index (χ4n) is 5.70. The second-order valence-corrected chi connectivity index (χ2v) is 15.0. The molecule has 0 aliphatic heterocycles. The molecule has 10 heteroatoms. The topological polar surface area (TPSA) is 139 Å². The molecule has 9 nitrogen and oxygen atoms in total. The third-order valence-corrected chi connectivity index (χ3v) is 9.89. The lowest BCUT2D eigenvalue weighted by atomic mass is 10.0. The molecule has 2 fully saturated rings. The Morgan fingerprint density at radius 3 is 1.49 bits per heavy atom. The van der Waals surface area contributed by atoms with E-state index in [0.29, 0.717) is 6.42 Å². The molecule has 0 amide bonds. The van der Waals surface area contributed by atoms with Crippen molar-refractivity contribution in [3.63, 3.8) is 0 Å². The largest absolute Gasteiger partial charge is 0.756 e. The number of quaternary nitrogens is 1. The Balaban J connectivity index is 1.52. The fourth-order valence-corrected chi connectivity index (χ4v) is 6.48. The predicted octanol–water partition coefficient (Wildman–Crippen LogP) is 7.59. The molecule has 3 N–H and O–H groups in total. The van der Waals surface area contributed by atoms with Gasteiger partial charge in [0, 0.05) is 12.8 Å². The third-order valence-electron chi connectivity index (χ3n) is 8.92. The first-order valence-corrected chi connectivity index (χ1v) is 20.1. The van der Waals surface area contributed by atoms with Crippen molar-refractivity contribution in [1.82, 2.24) is 0 Å². The summed E-state index contributed by atoms with van der Waals surface area (Å²) in [5, 5.41) is 0. The van der Waals surface area contributed by atoms with Gasteiger partial charge in [0.25, 0.3) is 7.82 Å². The van der Waals surface area contributed by atoms with Gasteiger partial charge in [0.1, 0.15) is 13.2 Å². The van der Waals surface area contributed by atoms with Gasteiger partial charge in [0.15, 0.2) is 6.10 Å². The zero-order chi connectivity index (χ0) is 32.4. The molecule has 0 aromatic rings. The standard InChI is InChI=1S/C35H66NO8P/c36-27-28-42-45(39,40)43-30-33(44-35(38)22-18-14-10-6-2-4-8-12-16-20-32-25-26-32)29-41-34(37)21-17-13-9-5-1-3-7-11-15-19-31-23-24-31/h31-33H,1-30,36H2,(H,39,40)/t33-/m0/s1. The number of hydrogen-bond donors (Lipinski definition) is 1. The van der Waals surface area contributed by atoms with E-state index in [-0.39, 0.29) is 38.6 Å². The summed E-state index contributed by atoms with van der Waals surface area (Å²) in [6.45, 7) is -0.535. The molecule has 2 aliphatic carbocycles. The number of rotatable bonds is 33. The van der Waals surface area contributed by atoms with Crippen molar-refractivity contribution in [3.8, 4) is 0 Å². The minimum atomic E-state index is -4.56. The number of unbranched alkanes of at least 4 members (excludes halogenated alkanes) is 16. The van der Waals surface area contributed by atoms with E-state index in [2.05, 4.69) is 5.73 Å². The molecule has 0 saturated heterocycles. The maximum atomic E-state index is 12.5. The van der Waals surface area contributed by atoms with Gasteiger partial charge in [-0.2, -0.15) is 0 Å². The molecule has 2 atom stereocenters. The Labute approximate surface area is 274 Å². The van der Waals surface area contributed by atoms with E-state index in [0.717, 1.165) is 43.9 Å². The smallest absolute Gasteiger partial charge is 0.306 e. The summed E-state index contributed by atoms with van der Waals surface area (Å²) in [7, 11) is -4.56. The van der Waals surface area contributed by atoms with Crippen LogP contribution < -0.4 is 10.6 Å². The van der Waals surface area contributed by atoms with E-state index in [1.54, 1.807) is 0 Å². The Morgan fingerprint density at radius 1 is 0.622 bits per heavy atom. The van der Waals surface area contributed by atoms with Gasteiger partial charge in [-0.1, -0.05) is 141 Å². The fraction of sp³-hybridized carbons (Fsp3) is 0.943. The normalized spacial score (nSPS) is 16.8. The number of phosphoric acid groups is 1. The van der Waals surface area contributed by atoms with Crippen LogP contribution in [-0.4, -0.2) is 44.4 Å². The monoisotopic (exact) mass is 659 g/mol. The highest BCUT2D eigenvalue weighted by atomic mass is 31.2. The molecule has 2 rings (SSSR count). The van der Waals surface area contributed by atoms with Crippen LogP contribution in [0.5, 0.6) is 0 Å². The summed E-state index contributed by atoms with van der Waals surface area (Å²) < 4.78 is 32.4. The van der Waals surface area contributed by atoms with Crippen LogP contribution in [0.1, 0.15) is 167 Å². The van der Waals surface area contributed by atoms with Gasteiger partial charge in [-0.15, -0.1) is 0 Å². The summed E-state index contributed by atoms with van der Waals surface area (Å²) in [5.41, 5.74) is 3.54. The Morgan fingerprint density at radius 2 is 1.04 bits per heavy atom. The first-order valence-electron chi connectivity index (χ1n) is 18.6. The first-order chi connectivity index (χ1) is 21.9. The second-order valence-electron chi connectivity index (χ2n) is 13.6. The molecule has 0 aromatic carbocycles. The van der Waals surface area contributed by atoms with Crippen LogP contribution >= 0.6 is 7.82 Å². The van der Waals surface area contributed by atoms with Gasteiger partial charge < -0.3 is 29.1 Å². The minimum absolute atomic E-state index is 0.0962. The van der Waals surface area contributed by atoms with Crippen LogP contribution in [0.4, 0.5) is 0 Å². The SMILES string of the molecule is [NH3+]CCOP(=O)([O-])OC[C@H](COC(=O)CCCCCCCCCCCC1CC1)OC(=O)CCCCCCCCCCCC1CC1. The van der Waals surface area contributed by atoms with Gasteiger partial charge in [-0.25, -0.2) is 0 Å². The van der Waals surface area contributed by atoms with Gasteiger partial charge in [-0.3, -0.25) is 14.2 Å². The highest BCUT2D eigenvalue weighted by Crippen LogP contribution is 2.38. The molecule has 0 aromatic heterocycles. The minimum Gasteiger partial charge on any atom is -0.756 e. The number of ether oxygens (including phenoxy) is 2. The summed E-state index contributed by atoms with van der Waals surface area (Å²) in [6.07, 6.45) is 29.3. The Hall–Kier alpha value is -0.990. The summed E-state index contributed by atoms with van der Waals surface area (Å²) in [5.74, 6) is 1.25. The van der Waals surface area contributed by atoms with Crippen molar-refractivity contribution in [2.75, 3.05) is 26.4 Å². The molecular weight excluding hydrogens is 593 g/mol. The van der Waals surface area contributed by atoms with Crippen molar-refractivity contribution in [1.29, 1.82) is 0 Å². The summed E-state index contributed by atoms with van der Waals surface area (Å²) >= 11 is 0. The number of carbonyl (C=O) groups is 2. The molecule has 45 heavy (non-hydrogen) atoms. The highest BCUT2D eigenvalue weighted by molar-refractivity contribution is 7.45. The molecule has 2 aliphatic rings. The van der Waals surface area contributed by atoms with E-state index in [1.165, 1.54) is 116 Å². The zero-order valence-corrected chi connectivity index (χ0v) is 29.3. The van der Waals surface area contributed by atoms with Crippen LogP contribution in [0, 0.1) is 11.8 Å². The third kappa shape index (κ3) is 25.7. The molecule has 0 spiro atoms. The predicted molar refractivity (Wildman–Crippen MR) is 175 cm³/mol. The van der Waals surface area contributed by atoms with Crippen LogP contribution in [0.3, 0.4) is 0 Å². The van der Waals surface area contributed by atoms with Crippen molar-refractivity contribution in [2.45, 2.75) is 173 Å². The van der Waals surface area contributed by atoms with Crippen molar-refractivity contribution in [2.24, 2.45) is 11.8 Å². The quantitative estimate of drug-likeness (QED) is 0.0432. The van der Waals surface area contributed by atoms with Crippen molar-refractivity contribution < 1.29 is 43.3 Å². The van der Waals surface area contributed by atoms with E-state index in [4.69, 9.17) is 18.5 Å². The Bertz CT molecular complexity index is 805. The van der Waals surface area contributed by atoms with Gasteiger partial charge >= 0.3 is 11.9 Å². The average Bonchev–Trinajstić information content (AvgIpc) is 3.95. The average molecular weight is 660 g/mol. The Kier molecular flexibility index (Phi) is 23.2. The van der Waals surface area contributed by atoms with E-state index >= 15 is 0 Å². The van der Waals surface area contributed by atoms with Gasteiger partial charge in [-0.05, 0) is 24.7 Å². The van der Waals surface area contributed by atoms with E-state index in [1.807, 2.05) is 0 Å². The van der Waals surface area contributed by atoms with Crippen molar-refractivity contribution in [3.05, 3.63) is 0 Å². The molecule has 0 bridgehead atoms. The summed E-state index contributed by atoms with van der Waals surface area (Å²) in [6, 6.07) is 0. The van der Waals surface area contributed by atoms with Crippen LogP contribution in [0.2, 0.25) is 0 Å². The summed E-state index contributed by atoms with van der Waals surface area (Å²) in [4.78, 5) is 36.8. The molecular formula is C35H66NO8P. The maximum absolute atomic E-state index is 12.5. The zero-order valence-electron chi connectivity index (χ0n) is 28.4. The lowest BCUT2D eigenvalue weighted by Crippen LogP contribution is -2.52. The molecule has 0 heterocycles. The molecule has 0 radical (unpaired) electrons. The van der Waals surface area contributed by atoms with Crippen LogP contribution in [0.25, 0.3) is 0 Å². The van der Waals surface area contributed by atoms with Crippen LogP contribution in [0.15, 0.2) is 0 Å². The second kappa shape index (κ2) is 26.0. The maximum Gasteiger partial charge on any atom is 0.306 e. The number of hydrogen-bond acceptors (Lipinski definition) is 8. The molecule has 264 valence electrons. The number of carbonyl (C=O) groups excluding carboxylic acids is 2. The highest BCUT2D eigenvalue weighted by Gasteiger charge is 2.22. The van der Waals surface area contributed by atoms with Crippen LogP contribution in [-0.2, 0) is 32.7 Å². The number of esters is 2. The molecule has 2 saturated carbocycles. The lowest BCUT2D eigenvalue weighted by molar-refractivity contribution is -0.373. The number of phosphoric ester groups is 1. The van der Waals surface area contributed by atoms with Gasteiger partial charge in [0.05, 0.1) is 13.2 Å². The van der Waals surface area contributed by atoms with E-state index in [9.17, 15) is 19.0 Å². The van der Waals surface area contributed by atoms with E-state index < -0.39 is 26.5 Å². The lowest BCUT2D eigenvalue weighted by Gasteiger charge is -2.25.